The predicted octanol–water partition coefficient (Wildman–Crippen LogP) is 2.41. The number of halogens is 1. The molecular formula is C28H33IN2O9. The summed E-state index contributed by atoms with van der Waals surface area (Å²) in [4.78, 5) is 50.7. The predicted molar refractivity (Wildman–Crippen MR) is 152 cm³/mol. The van der Waals surface area contributed by atoms with Crippen molar-refractivity contribution in [2.75, 3.05) is 20.3 Å². The number of amides is 2. The highest BCUT2D eigenvalue weighted by molar-refractivity contribution is 14.1. The highest BCUT2D eigenvalue weighted by atomic mass is 127. The van der Waals surface area contributed by atoms with Crippen molar-refractivity contribution in [2.24, 2.45) is 0 Å². The van der Waals surface area contributed by atoms with Crippen LogP contribution in [0.3, 0.4) is 0 Å². The summed E-state index contributed by atoms with van der Waals surface area (Å²) < 4.78 is 17.3. The zero-order valence-corrected chi connectivity index (χ0v) is 24.5. The normalized spacial score (nSPS) is 18.4. The van der Waals surface area contributed by atoms with Gasteiger partial charge in [0.1, 0.15) is 24.3 Å². The van der Waals surface area contributed by atoms with Crippen molar-refractivity contribution < 1.29 is 43.3 Å². The van der Waals surface area contributed by atoms with Crippen LogP contribution < -0.4 is 14.8 Å². The topological polar surface area (TPSA) is 156 Å². The number of ketones is 1. The number of rotatable bonds is 14. The molecule has 0 fully saturated rings. The molecule has 1 aromatic carbocycles. The molecule has 40 heavy (non-hydrogen) atoms. The van der Waals surface area contributed by atoms with E-state index >= 15 is 0 Å². The number of methoxy groups -OCH3 is 1. The van der Waals surface area contributed by atoms with E-state index in [-0.39, 0.29) is 67.7 Å². The number of aldehydes is 1. The maximum Gasteiger partial charge on any atom is 0.247 e. The summed E-state index contributed by atoms with van der Waals surface area (Å²) in [5, 5.41) is 23.4. The second-order valence-electron chi connectivity index (χ2n) is 9.38. The third-order valence-electron chi connectivity index (χ3n) is 6.43. The first-order valence-electron chi connectivity index (χ1n) is 12.8. The van der Waals surface area contributed by atoms with Gasteiger partial charge in [0.05, 0.1) is 35.9 Å². The molecule has 3 unspecified atom stereocenters. The lowest BCUT2D eigenvalue weighted by molar-refractivity contribution is -0.139. The maximum absolute atomic E-state index is 13.5. The summed E-state index contributed by atoms with van der Waals surface area (Å²) in [5.74, 6) is -0.276. The van der Waals surface area contributed by atoms with Gasteiger partial charge in [0, 0.05) is 49.1 Å². The number of nitrogens with one attached hydrogen (secondary N) is 1. The molecule has 3 atom stereocenters. The first kappa shape index (κ1) is 31.3. The van der Waals surface area contributed by atoms with Gasteiger partial charge < -0.3 is 39.1 Å². The summed E-state index contributed by atoms with van der Waals surface area (Å²) in [7, 11) is 1.42. The number of carbonyl (C=O) groups excluding carboxylic acids is 4. The third kappa shape index (κ3) is 8.15. The van der Waals surface area contributed by atoms with E-state index in [4.69, 9.17) is 13.9 Å². The summed E-state index contributed by atoms with van der Waals surface area (Å²) in [6.07, 6.45) is 3.48. The van der Waals surface area contributed by atoms with Crippen molar-refractivity contribution >= 4 is 46.5 Å². The fourth-order valence-corrected chi connectivity index (χ4v) is 5.19. The molecule has 12 heteroatoms. The van der Waals surface area contributed by atoms with Crippen molar-refractivity contribution in [3.05, 3.63) is 57.1 Å². The first-order valence-corrected chi connectivity index (χ1v) is 13.8. The van der Waals surface area contributed by atoms with Crippen LogP contribution in [0, 0.1) is 3.57 Å². The second kappa shape index (κ2) is 15.0. The SMILES string of the molecule is COc1cc(C=O)cc(I)c1OC1C=C(C(=O)NCCO)CC(N(Cc2ccoc2)C(=O)CCCC(C)=O)C1O. The zero-order valence-electron chi connectivity index (χ0n) is 22.3. The molecule has 3 rings (SSSR count). The average molecular weight is 668 g/mol. The Kier molecular flexibility index (Phi) is 11.7. The van der Waals surface area contributed by atoms with Crippen LogP contribution in [0.25, 0.3) is 0 Å². The van der Waals surface area contributed by atoms with Crippen molar-refractivity contribution in [3.8, 4) is 11.5 Å². The van der Waals surface area contributed by atoms with Crippen molar-refractivity contribution in [1.29, 1.82) is 0 Å². The van der Waals surface area contributed by atoms with Gasteiger partial charge >= 0.3 is 0 Å². The molecule has 3 N–H and O–H groups in total. The number of Topliss-reactive ketones (excluding diaryl/α,β-unsaturated/α-hetero) is 1. The van der Waals surface area contributed by atoms with Gasteiger partial charge in [0.15, 0.2) is 11.5 Å². The Balaban J connectivity index is 2.00. The van der Waals surface area contributed by atoms with E-state index < -0.39 is 24.2 Å². The highest BCUT2D eigenvalue weighted by Gasteiger charge is 2.41. The van der Waals surface area contributed by atoms with Gasteiger partial charge in [-0.25, -0.2) is 0 Å². The van der Waals surface area contributed by atoms with Crippen LogP contribution in [0.4, 0.5) is 0 Å². The van der Waals surface area contributed by atoms with Crippen molar-refractivity contribution in [3.63, 3.8) is 0 Å². The molecule has 1 heterocycles. The molecule has 11 nitrogen and oxygen atoms in total. The standard InChI is InChI=1S/C28H33IN2O9/c1-17(34)4-3-5-25(35)31(14-18-6-9-39-16-18)22-12-20(28(37)30-7-8-32)13-23(26(22)36)40-27-21(29)10-19(15-33)11-24(27)38-2/h6,9-11,13,15-16,22-23,26,32,36H,3-5,7-8,12,14H2,1-2H3,(H,30,37). The van der Waals surface area contributed by atoms with Crippen LogP contribution in [0.15, 0.2) is 46.8 Å². The van der Waals surface area contributed by atoms with Gasteiger partial charge in [-0.1, -0.05) is 0 Å². The Hall–Kier alpha value is -3.23. The third-order valence-corrected chi connectivity index (χ3v) is 7.23. The van der Waals surface area contributed by atoms with Crippen LogP contribution in [-0.2, 0) is 20.9 Å². The minimum absolute atomic E-state index is 0.0207. The van der Waals surface area contributed by atoms with Crippen LogP contribution in [0.2, 0.25) is 0 Å². The Labute approximate surface area is 245 Å². The van der Waals surface area contributed by atoms with Crippen molar-refractivity contribution in [1.82, 2.24) is 10.2 Å². The average Bonchev–Trinajstić information content (AvgIpc) is 3.45. The van der Waals surface area contributed by atoms with Gasteiger partial charge in [0.2, 0.25) is 11.8 Å². The fraction of sp³-hybridized carbons (Fsp3) is 0.429. The van der Waals surface area contributed by atoms with Crippen LogP contribution in [0.1, 0.15) is 48.5 Å². The first-order chi connectivity index (χ1) is 19.2. The molecule has 1 aliphatic rings. The van der Waals surface area contributed by atoms with E-state index in [2.05, 4.69) is 5.32 Å². The smallest absolute Gasteiger partial charge is 0.247 e. The van der Waals surface area contributed by atoms with Gasteiger partial charge in [-0.05, 0) is 60.2 Å². The monoisotopic (exact) mass is 668 g/mol. The maximum atomic E-state index is 13.5. The molecular weight excluding hydrogens is 635 g/mol. The summed E-state index contributed by atoms with van der Waals surface area (Å²) >= 11 is 1.99. The molecule has 0 saturated carbocycles. The van der Waals surface area contributed by atoms with Crippen LogP contribution in [-0.4, -0.2) is 77.5 Å². The minimum Gasteiger partial charge on any atom is -0.493 e. The molecule has 2 aromatic rings. The van der Waals surface area contributed by atoms with E-state index in [0.29, 0.717) is 27.4 Å². The second-order valence-corrected chi connectivity index (χ2v) is 10.5. The number of benzene rings is 1. The Morgan fingerprint density at radius 1 is 1.27 bits per heavy atom. The van der Waals surface area contributed by atoms with E-state index in [9.17, 15) is 29.4 Å². The van der Waals surface area contributed by atoms with Gasteiger partial charge in [-0.15, -0.1) is 0 Å². The number of hydrogen-bond donors (Lipinski definition) is 3. The highest BCUT2D eigenvalue weighted by Crippen LogP contribution is 2.37. The number of hydrogen-bond acceptors (Lipinski definition) is 9. The molecule has 1 aromatic heterocycles. The lowest BCUT2D eigenvalue weighted by atomic mass is 9.87. The molecule has 0 aliphatic heterocycles. The fourth-order valence-electron chi connectivity index (χ4n) is 4.44. The molecule has 0 bridgehead atoms. The number of nitrogens with zero attached hydrogens (tertiary/aromatic N) is 1. The Bertz CT molecular complexity index is 1230. The van der Waals surface area contributed by atoms with Gasteiger partial charge in [-0.3, -0.25) is 14.4 Å². The lowest BCUT2D eigenvalue weighted by Crippen LogP contribution is -2.54. The quantitative estimate of drug-likeness (QED) is 0.203. The zero-order chi connectivity index (χ0) is 29.2. The lowest BCUT2D eigenvalue weighted by Gasteiger charge is -2.40. The Morgan fingerprint density at radius 3 is 2.67 bits per heavy atom. The molecule has 1 aliphatic carbocycles. The molecule has 0 spiro atoms. The number of aliphatic hydroxyl groups excluding tert-OH is 2. The summed E-state index contributed by atoms with van der Waals surface area (Å²) in [6, 6.07) is 3.92. The molecule has 0 saturated heterocycles. The van der Waals surface area contributed by atoms with E-state index in [1.54, 1.807) is 12.1 Å². The summed E-state index contributed by atoms with van der Waals surface area (Å²) in [6.45, 7) is 1.32. The van der Waals surface area contributed by atoms with Crippen LogP contribution >= 0.6 is 22.6 Å². The van der Waals surface area contributed by atoms with E-state index in [1.807, 2.05) is 22.6 Å². The number of aliphatic hydroxyl groups is 2. The molecule has 2 amide bonds. The number of furan rings is 1. The van der Waals surface area contributed by atoms with E-state index in [1.165, 1.54) is 43.6 Å². The van der Waals surface area contributed by atoms with Crippen LogP contribution in [0.5, 0.6) is 11.5 Å². The van der Waals surface area contributed by atoms with Crippen molar-refractivity contribution in [2.45, 2.75) is 57.4 Å². The number of ether oxygens (including phenoxy) is 2. The summed E-state index contributed by atoms with van der Waals surface area (Å²) in [5.41, 5.74) is 1.32. The number of carbonyl (C=O) groups is 4. The minimum atomic E-state index is -1.26. The van der Waals surface area contributed by atoms with E-state index in [0.717, 1.165) is 0 Å². The molecule has 216 valence electrons. The largest absolute Gasteiger partial charge is 0.493 e. The Morgan fingerprint density at radius 2 is 2.05 bits per heavy atom. The molecule has 0 radical (unpaired) electrons. The van der Waals surface area contributed by atoms with Gasteiger partial charge in [-0.2, -0.15) is 0 Å². The van der Waals surface area contributed by atoms with Gasteiger partial charge in [0.25, 0.3) is 0 Å².